The number of carboxylic acid groups (broad SMARTS) is 1. The first-order valence-corrected chi connectivity index (χ1v) is 5.08. The molecule has 0 amide bonds. The van der Waals surface area contributed by atoms with Gasteiger partial charge in [-0.2, -0.15) is 0 Å². The van der Waals surface area contributed by atoms with Crippen LogP contribution in [-0.4, -0.2) is 11.1 Å². The van der Waals surface area contributed by atoms with E-state index < -0.39 is 23.4 Å². The lowest BCUT2D eigenvalue weighted by atomic mass is 9.80. The Morgan fingerprint density at radius 1 is 1.24 bits per heavy atom. The Morgan fingerprint density at radius 3 is 2.47 bits per heavy atom. The highest BCUT2D eigenvalue weighted by molar-refractivity contribution is 5.75. The van der Waals surface area contributed by atoms with Gasteiger partial charge in [-0.3, -0.25) is 4.79 Å². The molecule has 2 nitrogen and oxygen atoms in total. The Balaban J connectivity index is 2.46. The monoisotopic (exact) mass is 236 g/mol. The van der Waals surface area contributed by atoms with E-state index in [1.54, 1.807) is 0 Å². The Morgan fingerprint density at radius 2 is 1.88 bits per heavy atom. The van der Waals surface area contributed by atoms with Crippen LogP contribution in [0.3, 0.4) is 0 Å². The number of aliphatic carboxylic acids is 1. The maximum absolute atomic E-state index is 14.7. The first-order valence-electron chi connectivity index (χ1n) is 5.08. The van der Waals surface area contributed by atoms with E-state index in [0.717, 1.165) is 12.1 Å². The van der Waals surface area contributed by atoms with E-state index in [4.69, 9.17) is 5.11 Å². The highest BCUT2D eigenvalue weighted by atomic mass is 19.1. The molecule has 88 valence electrons. The molecule has 1 aliphatic carbocycles. The minimum absolute atomic E-state index is 0.131. The first kappa shape index (κ1) is 11.5. The van der Waals surface area contributed by atoms with Crippen molar-refractivity contribution in [3.63, 3.8) is 0 Å². The Labute approximate surface area is 96.9 Å². The fourth-order valence-electron chi connectivity index (χ4n) is 1.86. The topological polar surface area (TPSA) is 37.3 Å². The van der Waals surface area contributed by atoms with Gasteiger partial charge in [-0.05, 0) is 23.8 Å². The van der Waals surface area contributed by atoms with Crippen molar-refractivity contribution >= 4 is 5.97 Å². The third kappa shape index (κ3) is 1.98. The highest BCUT2D eigenvalue weighted by Crippen LogP contribution is 2.39. The molecule has 0 radical (unpaired) electrons. The van der Waals surface area contributed by atoms with Crippen LogP contribution < -0.4 is 0 Å². The lowest BCUT2D eigenvalue weighted by Gasteiger charge is -2.28. The summed E-state index contributed by atoms with van der Waals surface area (Å²) < 4.78 is 27.5. The second-order valence-corrected chi connectivity index (χ2v) is 3.83. The number of hydrogen-bond acceptors (Lipinski definition) is 1. The summed E-state index contributed by atoms with van der Waals surface area (Å²) in [4.78, 5) is 11.0. The molecule has 0 spiro atoms. The van der Waals surface area contributed by atoms with Crippen molar-refractivity contribution in [3.8, 4) is 0 Å². The van der Waals surface area contributed by atoms with Gasteiger partial charge in [0.05, 0.1) is 0 Å². The van der Waals surface area contributed by atoms with Crippen LogP contribution in [0.15, 0.2) is 48.6 Å². The largest absolute Gasteiger partial charge is 0.481 e. The Kier molecular flexibility index (Phi) is 2.79. The van der Waals surface area contributed by atoms with E-state index in [-0.39, 0.29) is 5.56 Å². The molecule has 0 aromatic heterocycles. The molecular weight excluding hydrogens is 226 g/mol. The van der Waals surface area contributed by atoms with Crippen LogP contribution >= 0.6 is 0 Å². The van der Waals surface area contributed by atoms with E-state index in [0.29, 0.717) is 0 Å². The number of hydrogen-bond donors (Lipinski definition) is 1. The van der Waals surface area contributed by atoms with E-state index in [9.17, 15) is 13.6 Å². The van der Waals surface area contributed by atoms with Gasteiger partial charge in [0.15, 0.2) is 5.67 Å². The van der Waals surface area contributed by atoms with Gasteiger partial charge in [-0.15, -0.1) is 0 Å². The average molecular weight is 236 g/mol. The normalized spacial score (nSPS) is 27.1. The maximum atomic E-state index is 14.7. The SMILES string of the molecule is O=C(O)C1C=CC=CC1(F)c1ccc(F)cc1. The molecule has 4 heteroatoms. The molecule has 0 heterocycles. The average Bonchev–Trinajstić information content (AvgIpc) is 2.29. The van der Waals surface area contributed by atoms with Gasteiger partial charge in [-0.25, -0.2) is 8.78 Å². The number of alkyl halides is 1. The molecule has 2 unspecified atom stereocenters. The van der Waals surface area contributed by atoms with Gasteiger partial charge in [0.1, 0.15) is 11.7 Å². The molecular formula is C13H10F2O2. The van der Waals surface area contributed by atoms with Crippen LogP contribution in [0.2, 0.25) is 0 Å². The quantitative estimate of drug-likeness (QED) is 0.857. The summed E-state index contributed by atoms with van der Waals surface area (Å²) in [5, 5.41) is 8.99. The fraction of sp³-hybridized carbons (Fsp3) is 0.154. The molecule has 2 rings (SSSR count). The van der Waals surface area contributed by atoms with Crippen LogP contribution in [0.4, 0.5) is 8.78 Å². The second-order valence-electron chi connectivity index (χ2n) is 3.83. The zero-order valence-electron chi connectivity index (χ0n) is 8.81. The number of allylic oxidation sites excluding steroid dienone is 3. The number of carbonyl (C=O) groups is 1. The van der Waals surface area contributed by atoms with Crippen LogP contribution in [-0.2, 0) is 10.5 Å². The predicted molar refractivity (Wildman–Crippen MR) is 58.6 cm³/mol. The van der Waals surface area contributed by atoms with E-state index >= 15 is 0 Å². The van der Waals surface area contributed by atoms with E-state index in [1.165, 1.54) is 36.4 Å². The highest BCUT2D eigenvalue weighted by Gasteiger charge is 2.42. The Hall–Kier alpha value is -1.97. The predicted octanol–water partition coefficient (Wildman–Crippen LogP) is 2.82. The van der Waals surface area contributed by atoms with E-state index in [2.05, 4.69) is 0 Å². The van der Waals surface area contributed by atoms with Crippen LogP contribution in [0.25, 0.3) is 0 Å². The molecule has 0 saturated carbocycles. The van der Waals surface area contributed by atoms with E-state index in [1.807, 2.05) is 0 Å². The summed E-state index contributed by atoms with van der Waals surface area (Å²) in [6.45, 7) is 0. The number of rotatable bonds is 2. The van der Waals surface area contributed by atoms with Crippen LogP contribution in [0.1, 0.15) is 5.56 Å². The fourth-order valence-corrected chi connectivity index (χ4v) is 1.86. The summed E-state index contributed by atoms with van der Waals surface area (Å²) in [5.41, 5.74) is -2.00. The number of benzene rings is 1. The smallest absolute Gasteiger partial charge is 0.314 e. The standard InChI is InChI=1S/C13H10F2O2/c14-10-6-4-9(5-7-10)13(15)8-2-1-3-11(13)12(16)17/h1-8,11H,(H,16,17). The summed E-state index contributed by atoms with van der Waals surface area (Å²) in [6, 6.07) is 4.74. The zero-order chi connectivity index (χ0) is 12.5. The van der Waals surface area contributed by atoms with Gasteiger partial charge >= 0.3 is 5.97 Å². The Bertz CT molecular complexity index is 491. The number of halogens is 2. The molecule has 0 fully saturated rings. The molecule has 0 aliphatic heterocycles. The third-order valence-corrected chi connectivity index (χ3v) is 2.76. The molecule has 2 atom stereocenters. The van der Waals surface area contributed by atoms with Gasteiger partial charge in [-0.1, -0.05) is 30.4 Å². The molecule has 1 aliphatic rings. The molecule has 1 aromatic rings. The lowest BCUT2D eigenvalue weighted by molar-refractivity contribution is -0.144. The van der Waals surface area contributed by atoms with Crippen molar-refractivity contribution in [3.05, 3.63) is 60.0 Å². The maximum Gasteiger partial charge on any atom is 0.314 e. The minimum Gasteiger partial charge on any atom is -0.481 e. The summed E-state index contributed by atoms with van der Waals surface area (Å²) in [7, 11) is 0. The third-order valence-electron chi connectivity index (χ3n) is 2.76. The van der Waals surface area contributed by atoms with Crippen molar-refractivity contribution < 1.29 is 18.7 Å². The van der Waals surface area contributed by atoms with Crippen LogP contribution in [0, 0.1) is 11.7 Å². The minimum atomic E-state index is -2.13. The summed E-state index contributed by atoms with van der Waals surface area (Å²) in [5.74, 6) is -3.03. The zero-order valence-corrected chi connectivity index (χ0v) is 8.81. The molecule has 1 N–H and O–H groups in total. The van der Waals surface area contributed by atoms with Crippen molar-refractivity contribution in [2.75, 3.05) is 0 Å². The number of carboxylic acids is 1. The van der Waals surface area contributed by atoms with Gasteiger partial charge < -0.3 is 5.11 Å². The van der Waals surface area contributed by atoms with Crippen LogP contribution in [0.5, 0.6) is 0 Å². The first-order chi connectivity index (χ1) is 8.04. The van der Waals surface area contributed by atoms with Gasteiger partial charge in [0, 0.05) is 0 Å². The second kappa shape index (κ2) is 4.13. The van der Waals surface area contributed by atoms with Crippen molar-refractivity contribution in [1.82, 2.24) is 0 Å². The molecule has 1 aromatic carbocycles. The summed E-state index contributed by atoms with van der Waals surface area (Å²) in [6.07, 6.45) is 5.40. The molecule has 0 bridgehead atoms. The van der Waals surface area contributed by atoms with Crippen molar-refractivity contribution in [1.29, 1.82) is 0 Å². The lowest BCUT2D eigenvalue weighted by Crippen LogP contribution is -2.34. The van der Waals surface area contributed by atoms with Crippen molar-refractivity contribution in [2.45, 2.75) is 5.67 Å². The van der Waals surface area contributed by atoms with Gasteiger partial charge in [0.25, 0.3) is 0 Å². The molecule has 17 heavy (non-hydrogen) atoms. The van der Waals surface area contributed by atoms with Crippen molar-refractivity contribution in [2.24, 2.45) is 5.92 Å². The van der Waals surface area contributed by atoms with Gasteiger partial charge in [0.2, 0.25) is 0 Å². The molecule has 0 saturated heterocycles. The summed E-state index contributed by atoms with van der Waals surface area (Å²) >= 11 is 0.